The van der Waals surface area contributed by atoms with E-state index in [9.17, 15) is 0 Å². The van der Waals surface area contributed by atoms with Crippen molar-refractivity contribution >= 4 is 97.7 Å². The van der Waals surface area contributed by atoms with Crippen LogP contribution in [0.2, 0.25) is 0 Å². The molecule has 0 bridgehead atoms. The van der Waals surface area contributed by atoms with Crippen LogP contribution in [0.15, 0.2) is 151 Å². The number of benzene rings is 6. The van der Waals surface area contributed by atoms with Crippen LogP contribution in [0.25, 0.3) is 86.0 Å². The van der Waals surface area contributed by atoms with Gasteiger partial charge in [-0.25, -0.2) is 4.99 Å². The highest BCUT2D eigenvalue weighted by atomic mass is 32.1. The maximum Gasteiger partial charge on any atom is 0.162 e. The van der Waals surface area contributed by atoms with Crippen LogP contribution in [0.4, 0.5) is 11.5 Å². The predicted molar refractivity (Wildman–Crippen MR) is 209 cm³/mol. The Hall–Kier alpha value is -6.17. The summed E-state index contributed by atoms with van der Waals surface area (Å²) in [5, 5.41) is 12.8. The Labute approximate surface area is 284 Å². The van der Waals surface area contributed by atoms with Crippen LogP contribution < -0.4 is 5.32 Å². The number of hydrogen-bond donors (Lipinski definition) is 1. The maximum absolute atomic E-state index is 5.31. The zero-order valence-electron chi connectivity index (χ0n) is 26.2. The monoisotopic (exact) mass is 642 g/mol. The molecule has 0 saturated carbocycles. The van der Waals surface area contributed by atoms with Gasteiger partial charge in [0, 0.05) is 58.4 Å². The second kappa shape index (κ2) is 9.25. The van der Waals surface area contributed by atoms with Gasteiger partial charge >= 0.3 is 0 Å². The Morgan fingerprint density at radius 3 is 2.41 bits per heavy atom. The van der Waals surface area contributed by atoms with Crippen molar-refractivity contribution in [2.24, 2.45) is 4.99 Å². The number of thiophene rings is 1. The van der Waals surface area contributed by atoms with Gasteiger partial charge in [-0.05, 0) is 54.1 Å². The van der Waals surface area contributed by atoms with Crippen LogP contribution in [0.5, 0.6) is 0 Å². The van der Waals surface area contributed by atoms with Crippen molar-refractivity contribution in [3.05, 3.63) is 146 Å². The topological polar surface area (TPSA) is 33.7 Å². The summed E-state index contributed by atoms with van der Waals surface area (Å²) in [6.45, 7) is 0. The van der Waals surface area contributed by atoms with Crippen LogP contribution in [-0.4, -0.2) is 20.7 Å². The van der Waals surface area contributed by atoms with Gasteiger partial charge < -0.3 is 9.88 Å². The average Bonchev–Trinajstić information content (AvgIpc) is 3.89. The Morgan fingerprint density at radius 1 is 0.633 bits per heavy atom. The third-order valence-corrected chi connectivity index (χ3v) is 11.8. The van der Waals surface area contributed by atoms with E-state index in [1.165, 1.54) is 80.3 Å². The maximum atomic E-state index is 5.31. The summed E-state index contributed by atoms with van der Waals surface area (Å²) < 4.78 is 7.49. The van der Waals surface area contributed by atoms with Crippen LogP contribution >= 0.6 is 11.3 Å². The number of aliphatic imine (C=N–C) groups is 1. The summed E-state index contributed by atoms with van der Waals surface area (Å²) in [5.74, 6) is 0.988. The molecule has 5 heteroatoms. The molecule has 5 heterocycles. The molecular weight excluding hydrogens is 617 g/mol. The number of allylic oxidation sites excluding steroid dienone is 2. The van der Waals surface area contributed by atoms with E-state index in [2.05, 4.69) is 160 Å². The zero-order valence-corrected chi connectivity index (χ0v) is 27.0. The van der Waals surface area contributed by atoms with E-state index in [0.717, 1.165) is 22.9 Å². The summed E-state index contributed by atoms with van der Waals surface area (Å²) >= 11 is 1.90. The standard InChI is InChI=1S/C44H26N4S/c1-2-11-26(12-3-1)47-36-19-8-4-13-28(36)30-16-10-15-27(41(30)47)25-21-22-37-32(23-25)39-42-33(24-31-29-14-5-9-20-38(29)49-43(31)39)40-44(48(37)42)46-35-18-7-6-17-34(35)45-40/h1-24,34,45H. The molecule has 1 aliphatic carbocycles. The van der Waals surface area contributed by atoms with E-state index in [-0.39, 0.29) is 6.04 Å². The zero-order chi connectivity index (χ0) is 31.8. The van der Waals surface area contributed by atoms with Gasteiger partial charge in [-0.15, -0.1) is 11.3 Å². The summed E-state index contributed by atoms with van der Waals surface area (Å²) in [6, 6.07) is 44.7. The lowest BCUT2D eigenvalue weighted by molar-refractivity contribution is 1.11. The minimum Gasteiger partial charge on any atom is -0.370 e. The molecule has 228 valence electrons. The second-order valence-electron chi connectivity index (χ2n) is 13.2. The smallest absolute Gasteiger partial charge is 0.162 e. The SMILES string of the molecule is C1=CC2=Nc3c(c4cc5c6ccccc6sc5c5c6cc(-c7cccc8c9ccccc9n(-c9ccccc9)c78)ccc6n3c45)NC2C=C1. The first-order chi connectivity index (χ1) is 24.3. The minimum absolute atomic E-state index is 0.0769. The lowest BCUT2D eigenvalue weighted by Crippen LogP contribution is -2.29. The highest BCUT2D eigenvalue weighted by Gasteiger charge is 2.30. The number of fused-ring (bicyclic) bond motifs is 14. The molecule has 1 unspecified atom stereocenters. The molecule has 0 spiro atoms. The molecule has 1 aliphatic heterocycles. The molecular formula is C44H26N4S. The van der Waals surface area contributed by atoms with E-state index >= 15 is 0 Å². The molecule has 10 aromatic rings. The number of para-hydroxylation sites is 3. The molecule has 0 fully saturated rings. The van der Waals surface area contributed by atoms with E-state index in [4.69, 9.17) is 4.99 Å². The van der Waals surface area contributed by atoms with Gasteiger partial charge in [0.05, 0.1) is 39.5 Å². The fraction of sp³-hybridized carbons (Fsp3) is 0.0227. The number of nitrogens with one attached hydrogen (secondary N) is 1. The van der Waals surface area contributed by atoms with Crippen LogP contribution in [-0.2, 0) is 0 Å². The van der Waals surface area contributed by atoms with Gasteiger partial charge in [-0.3, -0.25) is 4.40 Å². The molecule has 4 nitrogen and oxygen atoms in total. The molecule has 49 heavy (non-hydrogen) atoms. The Balaban J connectivity index is 1.22. The first-order valence-corrected chi connectivity index (χ1v) is 17.6. The van der Waals surface area contributed by atoms with Gasteiger partial charge in [-0.1, -0.05) is 97.1 Å². The third kappa shape index (κ3) is 3.30. The minimum atomic E-state index is 0.0769. The lowest BCUT2D eigenvalue weighted by atomic mass is 9.98. The molecule has 4 aromatic heterocycles. The van der Waals surface area contributed by atoms with Crippen molar-refractivity contribution in [1.29, 1.82) is 0 Å². The molecule has 1 N–H and O–H groups in total. The molecule has 0 amide bonds. The average molecular weight is 643 g/mol. The van der Waals surface area contributed by atoms with E-state index in [1.54, 1.807) is 0 Å². The summed E-state index contributed by atoms with van der Waals surface area (Å²) in [6.07, 6.45) is 8.52. The fourth-order valence-corrected chi connectivity index (χ4v) is 9.82. The van der Waals surface area contributed by atoms with Gasteiger partial charge in [0.15, 0.2) is 5.82 Å². The van der Waals surface area contributed by atoms with E-state index in [1.807, 2.05) is 11.3 Å². The van der Waals surface area contributed by atoms with Crippen molar-refractivity contribution in [3.8, 4) is 16.8 Å². The van der Waals surface area contributed by atoms with Gasteiger partial charge in [-0.2, -0.15) is 0 Å². The number of rotatable bonds is 2. The Kier molecular flexibility index (Phi) is 4.88. The predicted octanol–water partition coefficient (Wildman–Crippen LogP) is 11.8. The first kappa shape index (κ1) is 25.9. The summed E-state index contributed by atoms with van der Waals surface area (Å²) in [7, 11) is 0. The van der Waals surface area contributed by atoms with Gasteiger partial charge in [0.1, 0.15) is 0 Å². The number of nitrogens with zero attached hydrogens (tertiary/aromatic N) is 3. The van der Waals surface area contributed by atoms with E-state index < -0.39 is 0 Å². The van der Waals surface area contributed by atoms with Crippen LogP contribution in [0.3, 0.4) is 0 Å². The van der Waals surface area contributed by atoms with Crippen molar-refractivity contribution in [2.75, 3.05) is 5.32 Å². The van der Waals surface area contributed by atoms with Gasteiger partial charge in [0.2, 0.25) is 0 Å². The molecule has 0 radical (unpaired) electrons. The number of anilines is 1. The number of hydrogen-bond acceptors (Lipinski definition) is 3. The Morgan fingerprint density at radius 2 is 1.47 bits per heavy atom. The number of aromatic nitrogens is 2. The molecule has 0 saturated heterocycles. The first-order valence-electron chi connectivity index (χ1n) is 16.8. The second-order valence-corrected chi connectivity index (χ2v) is 14.2. The quantitative estimate of drug-likeness (QED) is 0.200. The fourth-order valence-electron chi connectivity index (χ4n) is 8.58. The van der Waals surface area contributed by atoms with Crippen LogP contribution in [0.1, 0.15) is 0 Å². The molecule has 1 atom stereocenters. The summed E-state index contributed by atoms with van der Waals surface area (Å²) in [4.78, 5) is 5.31. The van der Waals surface area contributed by atoms with Crippen molar-refractivity contribution < 1.29 is 0 Å². The molecule has 12 rings (SSSR count). The molecule has 6 aromatic carbocycles. The van der Waals surface area contributed by atoms with Crippen LogP contribution in [0, 0.1) is 0 Å². The highest BCUT2D eigenvalue weighted by Crippen LogP contribution is 2.52. The van der Waals surface area contributed by atoms with Gasteiger partial charge in [0.25, 0.3) is 0 Å². The highest BCUT2D eigenvalue weighted by molar-refractivity contribution is 7.26. The largest absolute Gasteiger partial charge is 0.370 e. The van der Waals surface area contributed by atoms with E-state index in [0.29, 0.717) is 0 Å². The summed E-state index contributed by atoms with van der Waals surface area (Å²) in [5.41, 5.74) is 10.6. The Bertz CT molecular complexity index is 3130. The third-order valence-electron chi connectivity index (χ3n) is 10.6. The lowest BCUT2D eigenvalue weighted by Gasteiger charge is -2.23. The molecule has 2 aliphatic rings. The van der Waals surface area contributed by atoms with Crippen molar-refractivity contribution in [3.63, 3.8) is 0 Å². The van der Waals surface area contributed by atoms with Crippen molar-refractivity contribution in [2.45, 2.75) is 6.04 Å². The normalized spacial score (nSPS) is 15.7. The van der Waals surface area contributed by atoms with Crippen molar-refractivity contribution in [1.82, 2.24) is 8.97 Å².